The molecule has 0 spiro atoms. The fraction of sp³-hybridized carbons (Fsp3) is 0.0769. The lowest BCUT2D eigenvalue weighted by atomic mass is 10.1. The lowest BCUT2D eigenvalue weighted by Gasteiger charge is -2.07. The standard InChI is InChI=1S/C13H11ClN2O/c1-9-8-15-6-5-12(9)13(17)16-11-4-2-3-10(14)7-11/h2-8H,1H3,(H,16,17). The third kappa shape index (κ3) is 2.82. The molecule has 2 aromatic rings. The molecule has 1 N–H and O–H groups in total. The molecule has 1 aromatic carbocycles. The van der Waals surface area contributed by atoms with Crippen molar-refractivity contribution >= 4 is 23.2 Å². The zero-order valence-electron chi connectivity index (χ0n) is 9.27. The number of rotatable bonds is 2. The molecular weight excluding hydrogens is 236 g/mol. The van der Waals surface area contributed by atoms with Gasteiger partial charge in [0.05, 0.1) is 0 Å². The number of aromatic nitrogens is 1. The molecule has 4 heteroatoms. The Kier molecular flexibility index (Phi) is 3.40. The van der Waals surface area contributed by atoms with Gasteiger partial charge in [0.25, 0.3) is 5.91 Å². The molecular formula is C13H11ClN2O. The maximum absolute atomic E-state index is 12.0. The van der Waals surface area contributed by atoms with E-state index in [1.54, 1.807) is 42.7 Å². The first-order chi connectivity index (χ1) is 8.16. The summed E-state index contributed by atoms with van der Waals surface area (Å²) in [7, 11) is 0. The highest BCUT2D eigenvalue weighted by atomic mass is 35.5. The first-order valence-electron chi connectivity index (χ1n) is 5.14. The van der Waals surface area contributed by atoms with Crippen LogP contribution in [0.3, 0.4) is 0 Å². The molecule has 0 radical (unpaired) electrons. The Bertz CT molecular complexity index is 555. The van der Waals surface area contributed by atoms with Gasteiger partial charge in [-0.2, -0.15) is 0 Å². The van der Waals surface area contributed by atoms with Gasteiger partial charge in [0.15, 0.2) is 0 Å². The molecule has 3 nitrogen and oxygen atoms in total. The number of halogens is 1. The molecule has 1 aromatic heterocycles. The van der Waals surface area contributed by atoms with Crippen LogP contribution >= 0.6 is 11.6 Å². The predicted octanol–water partition coefficient (Wildman–Crippen LogP) is 3.30. The summed E-state index contributed by atoms with van der Waals surface area (Å²) < 4.78 is 0. The van der Waals surface area contributed by atoms with Crippen LogP contribution in [0.2, 0.25) is 5.02 Å². The van der Waals surface area contributed by atoms with E-state index in [2.05, 4.69) is 10.3 Å². The van der Waals surface area contributed by atoms with Crippen molar-refractivity contribution in [2.75, 3.05) is 5.32 Å². The molecule has 0 saturated carbocycles. The zero-order valence-corrected chi connectivity index (χ0v) is 10.0. The first-order valence-corrected chi connectivity index (χ1v) is 5.52. The Morgan fingerprint density at radius 2 is 2.18 bits per heavy atom. The maximum Gasteiger partial charge on any atom is 0.256 e. The number of carbonyl (C=O) groups is 1. The minimum Gasteiger partial charge on any atom is -0.322 e. The van der Waals surface area contributed by atoms with Crippen LogP contribution in [0.4, 0.5) is 5.69 Å². The summed E-state index contributed by atoms with van der Waals surface area (Å²) in [4.78, 5) is 15.9. The van der Waals surface area contributed by atoms with Crippen LogP contribution in [0.5, 0.6) is 0 Å². The lowest BCUT2D eigenvalue weighted by molar-refractivity contribution is 0.102. The number of benzene rings is 1. The molecule has 0 atom stereocenters. The van der Waals surface area contributed by atoms with Crippen LogP contribution in [-0.2, 0) is 0 Å². The van der Waals surface area contributed by atoms with Crippen molar-refractivity contribution in [3.63, 3.8) is 0 Å². The van der Waals surface area contributed by atoms with E-state index in [1.165, 1.54) is 0 Å². The van der Waals surface area contributed by atoms with Crippen molar-refractivity contribution < 1.29 is 4.79 Å². The molecule has 0 aliphatic heterocycles. The third-order valence-electron chi connectivity index (χ3n) is 2.35. The Morgan fingerprint density at radius 1 is 1.35 bits per heavy atom. The minimum absolute atomic E-state index is 0.160. The molecule has 1 heterocycles. The van der Waals surface area contributed by atoms with Crippen molar-refractivity contribution in [2.24, 2.45) is 0 Å². The average Bonchev–Trinajstić information content (AvgIpc) is 2.29. The predicted molar refractivity (Wildman–Crippen MR) is 68.4 cm³/mol. The summed E-state index contributed by atoms with van der Waals surface area (Å²) >= 11 is 5.84. The van der Waals surface area contributed by atoms with Crippen molar-refractivity contribution in [1.82, 2.24) is 4.98 Å². The van der Waals surface area contributed by atoms with Gasteiger partial charge in [0.2, 0.25) is 0 Å². The second kappa shape index (κ2) is 4.97. The van der Waals surface area contributed by atoms with Crippen LogP contribution in [0.15, 0.2) is 42.7 Å². The second-order valence-electron chi connectivity index (χ2n) is 3.66. The fourth-order valence-corrected chi connectivity index (χ4v) is 1.68. The van der Waals surface area contributed by atoms with Gasteiger partial charge in [-0.15, -0.1) is 0 Å². The van der Waals surface area contributed by atoms with Crippen molar-refractivity contribution in [2.45, 2.75) is 6.92 Å². The molecule has 1 amide bonds. The molecule has 0 fully saturated rings. The minimum atomic E-state index is -0.160. The number of nitrogens with one attached hydrogen (secondary N) is 1. The van der Waals surface area contributed by atoms with Gasteiger partial charge in [-0.25, -0.2) is 0 Å². The first kappa shape index (κ1) is 11.6. The van der Waals surface area contributed by atoms with E-state index in [9.17, 15) is 4.79 Å². The average molecular weight is 247 g/mol. The Balaban J connectivity index is 2.20. The number of hydrogen-bond donors (Lipinski definition) is 1. The van der Waals surface area contributed by atoms with Crippen molar-refractivity contribution in [3.8, 4) is 0 Å². The number of carbonyl (C=O) groups excluding carboxylic acids is 1. The maximum atomic E-state index is 12.0. The normalized spacial score (nSPS) is 10.0. The lowest BCUT2D eigenvalue weighted by Crippen LogP contribution is -2.13. The van der Waals surface area contributed by atoms with E-state index in [0.717, 1.165) is 5.56 Å². The Labute approximate surface area is 104 Å². The van der Waals surface area contributed by atoms with Gasteiger partial charge in [-0.1, -0.05) is 17.7 Å². The van der Waals surface area contributed by atoms with E-state index in [0.29, 0.717) is 16.3 Å². The van der Waals surface area contributed by atoms with E-state index in [-0.39, 0.29) is 5.91 Å². The van der Waals surface area contributed by atoms with Crippen LogP contribution < -0.4 is 5.32 Å². The van der Waals surface area contributed by atoms with Gasteiger partial charge in [0, 0.05) is 28.7 Å². The molecule has 0 saturated heterocycles. The molecule has 2 rings (SSSR count). The summed E-state index contributed by atoms with van der Waals surface area (Å²) in [6, 6.07) is 8.73. The van der Waals surface area contributed by atoms with Crippen molar-refractivity contribution in [1.29, 1.82) is 0 Å². The molecule has 0 bridgehead atoms. The third-order valence-corrected chi connectivity index (χ3v) is 2.58. The number of nitrogens with zero attached hydrogens (tertiary/aromatic N) is 1. The Morgan fingerprint density at radius 3 is 2.88 bits per heavy atom. The second-order valence-corrected chi connectivity index (χ2v) is 4.09. The van der Waals surface area contributed by atoms with E-state index in [1.807, 2.05) is 6.92 Å². The van der Waals surface area contributed by atoms with E-state index in [4.69, 9.17) is 11.6 Å². The highest BCUT2D eigenvalue weighted by Crippen LogP contribution is 2.16. The highest BCUT2D eigenvalue weighted by Gasteiger charge is 2.08. The number of aryl methyl sites for hydroxylation is 1. The van der Waals surface area contributed by atoms with Crippen LogP contribution in [0, 0.1) is 6.92 Å². The fourth-order valence-electron chi connectivity index (χ4n) is 1.49. The molecule has 0 aliphatic rings. The number of anilines is 1. The van der Waals surface area contributed by atoms with Gasteiger partial charge in [-0.05, 0) is 36.8 Å². The smallest absolute Gasteiger partial charge is 0.256 e. The highest BCUT2D eigenvalue weighted by molar-refractivity contribution is 6.30. The van der Waals surface area contributed by atoms with Crippen LogP contribution in [0.25, 0.3) is 0 Å². The zero-order chi connectivity index (χ0) is 12.3. The quantitative estimate of drug-likeness (QED) is 0.884. The number of pyridine rings is 1. The van der Waals surface area contributed by atoms with Gasteiger partial charge in [0.1, 0.15) is 0 Å². The van der Waals surface area contributed by atoms with Gasteiger partial charge >= 0.3 is 0 Å². The molecule has 86 valence electrons. The summed E-state index contributed by atoms with van der Waals surface area (Å²) in [6.07, 6.45) is 3.26. The summed E-state index contributed by atoms with van der Waals surface area (Å²) in [5, 5.41) is 3.38. The monoisotopic (exact) mass is 246 g/mol. The molecule has 0 aliphatic carbocycles. The summed E-state index contributed by atoms with van der Waals surface area (Å²) in [5.41, 5.74) is 2.13. The largest absolute Gasteiger partial charge is 0.322 e. The van der Waals surface area contributed by atoms with Crippen molar-refractivity contribution in [3.05, 3.63) is 58.9 Å². The number of amides is 1. The SMILES string of the molecule is Cc1cnccc1C(=O)Nc1cccc(Cl)c1. The van der Waals surface area contributed by atoms with Gasteiger partial charge < -0.3 is 5.32 Å². The number of hydrogen-bond acceptors (Lipinski definition) is 2. The topological polar surface area (TPSA) is 42.0 Å². The summed E-state index contributed by atoms with van der Waals surface area (Å²) in [5.74, 6) is -0.160. The Hall–Kier alpha value is -1.87. The van der Waals surface area contributed by atoms with Crippen LogP contribution in [-0.4, -0.2) is 10.9 Å². The van der Waals surface area contributed by atoms with E-state index < -0.39 is 0 Å². The van der Waals surface area contributed by atoms with E-state index >= 15 is 0 Å². The van der Waals surface area contributed by atoms with Crippen LogP contribution in [0.1, 0.15) is 15.9 Å². The van der Waals surface area contributed by atoms with Gasteiger partial charge in [-0.3, -0.25) is 9.78 Å². The summed E-state index contributed by atoms with van der Waals surface area (Å²) in [6.45, 7) is 1.85. The molecule has 17 heavy (non-hydrogen) atoms. The molecule has 0 unspecified atom stereocenters.